The van der Waals surface area contributed by atoms with Gasteiger partial charge >= 0.3 is 0 Å². The highest BCUT2D eigenvalue weighted by Gasteiger charge is 2.18. The minimum Gasteiger partial charge on any atom is -0.505 e. The summed E-state index contributed by atoms with van der Waals surface area (Å²) < 4.78 is 0. The SMILES string of the molecule is Clc1ccccc1.Oc1c(Cl)c(Cl)c(Cl)c(Cl)c1Cl. The second-order valence-corrected chi connectivity index (χ2v) is 5.54. The first-order valence-electron chi connectivity index (χ1n) is 4.77. The Morgan fingerprint density at radius 2 is 0.947 bits per heavy atom. The molecule has 2 aromatic rings. The first-order valence-corrected chi connectivity index (χ1v) is 7.04. The summed E-state index contributed by atoms with van der Waals surface area (Å²) in [6.45, 7) is 0. The van der Waals surface area contributed by atoms with Gasteiger partial charge in [-0.25, -0.2) is 0 Å². The lowest BCUT2D eigenvalue weighted by Crippen LogP contribution is -1.78. The molecule has 0 unspecified atom stereocenters. The zero-order valence-corrected chi connectivity index (χ0v) is 13.6. The number of aromatic hydroxyl groups is 1. The van der Waals surface area contributed by atoms with Crippen molar-refractivity contribution in [1.29, 1.82) is 0 Å². The van der Waals surface area contributed by atoms with Crippen LogP contribution in [0.1, 0.15) is 0 Å². The van der Waals surface area contributed by atoms with Crippen LogP contribution < -0.4 is 0 Å². The maximum Gasteiger partial charge on any atom is 0.155 e. The molecule has 0 aromatic heterocycles. The largest absolute Gasteiger partial charge is 0.505 e. The van der Waals surface area contributed by atoms with E-state index < -0.39 is 0 Å². The molecule has 0 amide bonds. The van der Waals surface area contributed by atoms with Crippen LogP contribution in [0.3, 0.4) is 0 Å². The van der Waals surface area contributed by atoms with E-state index in [4.69, 9.17) is 69.6 Å². The summed E-state index contributed by atoms with van der Waals surface area (Å²) >= 11 is 33.4. The van der Waals surface area contributed by atoms with Gasteiger partial charge in [0.2, 0.25) is 0 Å². The molecule has 0 spiro atoms. The Morgan fingerprint density at radius 1 is 0.579 bits per heavy atom. The molecule has 0 aliphatic carbocycles. The highest BCUT2D eigenvalue weighted by Crippen LogP contribution is 2.47. The molecule has 0 saturated heterocycles. The lowest BCUT2D eigenvalue weighted by atomic mass is 10.3. The highest BCUT2D eigenvalue weighted by molar-refractivity contribution is 6.55. The van der Waals surface area contributed by atoms with Crippen molar-refractivity contribution in [1.82, 2.24) is 0 Å². The van der Waals surface area contributed by atoms with E-state index in [-0.39, 0.29) is 30.9 Å². The van der Waals surface area contributed by atoms with Gasteiger partial charge in [-0.2, -0.15) is 0 Å². The van der Waals surface area contributed by atoms with Gasteiger partial charge in [0.25, 0.3) is 0 Å². The molecule has 0 bridgehead atoms. The number of phenolic OH excluding ortho intramolecular Hbond substituents is 1. The van der Waals surface area contributed by atoms with Crippen LogP contribution in [0, 0.1) is 0 Å². The molecule has 0 fully saturated rings. The minimum atomic E-state index is -0.363. The zero-order valence-electron chi connectivity index (χ0n) is 9.10. The van der Waals surface area contributed by atoms with Crippen molar-refractivity contribution in [3.05, 3.63) is 60.5 Å². The van der Waals surface area contributed by atoms with E-state index in [1.165, 1.54) is 0 Å². The Hall–Kier alpha value is -0.0200. The van der Waals surface area contributed by atoms with Gasteiger partial charge in [-0.05, 0) is 12.1 Å². The number of hydrogen-bond donors (Lipinski definition) is 1. The molecule has 1 nitrogen and oxygen atoms in total. The second-order valence-electron chi connectivity index (χ2n) is 3.21. The molecule has 102 valence electrons. The molecule has 7 heteroatoms. The third-order valence-corrected chi connectivity index (χ3v) is 4.43. The van der Waals surface area contributed by atoms with Crippen molar-refractivity contribution < 1.29 is 5.11 Å². The fourth-order valence-electron chi connectivity index (χ4n) is 1.01. The fraction of sp³-hybridized carbons (Fsp3) is 0. The van der Waals surface area contributed by atoms with Gasteiger partial charge in [0, 0.05) is 5.02 Å². The third-order valence-electron chi connectivity index (χ3n) is 1.92. The van der Waals surface area contributed by atoms with Crippen molar-refractivity contribution in [3.63, 3.8) is 0 Å². The predicted octanol–water partition coefficient (Wildman–Crippen LogP) is 7.00. The van der Waals surface area contributed by atoms with E-state index in [0.29, 0.717) is 0 Å². The minimum absolute atomic E-state index is 0.00904. The Balaban J connectivity index is 0.000000218. The predicted molar refractivity (Wildman–Crippen MR) is 84.6 cm³/mol. The summed E-state index contributed by atoms with van der Waals surface area (Å²) in [4.78, 5) is 0. The molecular weight excluding hydrogens is 373 g/mol. The van der Waals surface area contributed by atoms with Gasteiger partial charge < -0.3 is 5.11 Å². The van der Waals surface area contributed by atoms with Crippen LogP contribution >= 0.6 is 69.6 Å². The van der Waals surface area contributed by atoms with E-state index in [2.05, 4.69) is 0 Å². The van der Waals surface area contributed by atoms with Crippen molar-refractivity contribution in [2.75, 3.05) is 0 Å². The maximum absolute atomic E-state index is 9.20. The van der Waals surface area contributed by atoms with E-state index in [1.54, 1.807) is 0 Å². The van der Waals surface area contributed by atoms with Crippen LogP contribution in [-0.4, -0.2) is 5.11 Å². The van der Waals surface area contributed by atoms with Gasteiger partial charge in [-0.15, -0.1) is 0 Å². The van der Waals surface area contributed by atoms with E-state index >= 15 is 0 Å². The van der Waals surface area contributed by atoms with Gasteiger partial charge in [0.05, 0.1) is 15.1 Å². The number of hydrogen-bond acceptors (Lipinski definition) is 1. The smallest absolute Gasteiger partial charge is 0.155 e. The quantitative estimate of drug-likeness (QED) is 0.386. The zero-order chi connectivity index (χ0) is 14.6. The standard InChI is InChI=1S/C6HCl5O.C6H5Cl/c7-1-2(8)4(10)6(12)5(11)3(1)9;7-6-4-2-1-3-5-6/h12H;1-5H. The summed E-state index contributed by atoms with van der Waals surface area (Å²) in [6, 6.07) is 9.44. The van der Waals surface area contributed by atoms with Gasteiger partial charge in [-0.1, -0.05) is 87.8 Å². The Bertz CT molecular complexity index is 465. The normalized spacial score (nSPS) is 9.79. The summed E-state index contributed by atoms with van der Waals surface area (Å²) in [5, 5.41) is 9.81. The molecular formula is C12H6Cl6O. The van der Waals surface area contributed by atoms with Crippen molar-refractivity contribution >= 4 is 69.6 Å². The molecule has 0 radical (unpaired) electrons. The van der Waals surface area contributed by atoms with E-state index in [0.717, 1.165) is 5.02 Å². The monoisotopic (exact) mass is 376 g/mol. The molecule has 19 heavy (non-hydrogen) atoms. The fourth-order valence-corrected chi connectivity index (χ4v) is 2.28. The summed E-state index contributed by atoms with van der Waals surface area (Å²) in [5.74, 6) is -0.363. The number of phenols is 1. The molecule has 2 aromatic carbocycles. The number of rotatable bonds is 0. The Kier molecular flexibility index (Phi) is 6.89. The lowest BCUT2D eigenvalue weighted by Gasteiger charge is -2.06. The lowest BCUT2D eigenvalue weighted by molar-refractivity contribution is 0.476. The Morgan fingerprint density at radius 3 is 1.26 bits per heavy atom. The van der Waals surface area contributed by atoms with Crippen molar-refractivity contribution in [2.24, 2.45) is 0 Å². The first kappa shape index (κ1) is 17.0. The van der Waals surface area contributed by atoms with Crippen LogP contribution in [0.25, 0.3) is 0 Å². The number of benzene rings is 2. The van der Waals surface area contributed by atoms with Gasteiger partial charge in [0.15, 0.2) is 5.75 Å². The molecule has 0 aliphatic rings. The van der Waals surface area contributed by atoms with Gasteiger partial charge in [-0.3, -0.25) is 0 Å². The number of halogens is 6. The second kappa shape index (κ2) is 7.68. The van der Waals surface area contributed by atoms with Crippen LogP contribution in [-0.2, 0) is 0 Å². The average Bonchev–Trinajstić information content (AvgIpc) is 2.42. The van der Waals surface area contributed by atoms with Crippen molar-refractivity contribution in [3.8, 4) is 5.75 Å². The van der Waals surface area contributed by atoms with Crippen LogP contribution in [0.5, 0.6) is 5.75 Å². The van der Waals surface area contributed by atoms with Gasteiger partial charge in [0.1, 0.15) is 10.0 Å². The van der Waals surface area contributed by atoms with Crippen LogP contribution in [0.4, 0.5) is 0 Å². The third kappa shape index (κ3) is 4.49. The van der Waals surface area contributed by atoms with Crippen molar-refractivity contribution in [2.45, 2.75) is 0 Å². The topological polar surface area (TPSA) is 20.2 Å². The summed E-state index contributed by atoms with van der Waals surface area (Å²) in [6.07, 6.45) is 0. The summed E-state index contributed by atoms with van der Waals surface area (Å²) in [7, 11) is 0. The molecule has 0 heterocycles. The first-order chi connectivity index (χ1) is 8.86. The maximum atomic E-state index is 9.20. The van der Waals surface area contributed by atoms with Crippen LogP contribution in [0.2, 0.25) is 30.1 Å². The average molecular weight is 379 g/mol. The summed E-state index contributed by atoms with van der Waals surface area (Å²) in [5.41, 5.74) is 0. The van der Waals surface area contributed by atoms with E-state index in [1.807, 2.05) is 30.3 Å². The van der Waals surface area contributed by atoms with E-state index in [9.17, 15) is 5.11 Å². The highest BCUT2D eigenvalue weighted by atomic mass is 35.5. The molecule has 1 N–H and O–H groups in total. The molecule has 0 atom stereocenters. The van der Waals surface area contributed by atoms with Crippen LogP contribution in [0.15, 0.2) is 30.3 Å². The molecule has 0 saturated carbocycles. The Labute approximate surface area is 140 Å². The molecule has 0 aliphatic heterocycles. The molecule has 2 rings (SSSR count).